The molecule has 1 aromatic carbocycles. The van der Waals surface area contributed by atoms with Crippen LogP contribution in [0.25, 0.3) is 0 Å². The van der Waals surface area contributed by atoms with Crippen LogP contribution in [0.1, 0.15) is 12.0 Å². The molecule has 2 rings (SSSR count). The SMILES string of the molecule is CN1CCC(CNCC(O)COCc2ccccc2)C1. The molecule has 1 aromatic rings. The molecular weight excluding hydrogens is 252 g/mol. The van der Waals surface area contributed by atoms with E-state index in [0.717, 1.165) is 24.6 Å². The van der Waals surface area contributed by atoms with Crippen LogP contribution in [-0.2, 0) is 11.3 Å². The van der Waals surface area contributed by atoms with Crippen molar-refractivity contribution in [1.82, 2.24) is 10.2 Å². The van der Waals surface area contributed by atoms with Crippen LogP contribution in [0.2, 0.25) is 0 Å². The lowest BCUT2D eigenvalue weighted by atomic mass is 10.1. The average molecular weight is 278 g/mol. The molecule has 1 saturated heterocycles. The zero-order valence-electron chi connectivity index (χ0n) is 12.3. The van der Waals surface area contributed by atoms with Crippen LogP contribution < -0.4 is 5.32 Å². The zero-order chi connectivity index (χ0) is 14.2. The summed E-state index contributed by atoms with van der Waals surface area (Å²) >= 11 is 0. The molecule has 0 spiro atoms. The lowest BCUT2D eigenvalue weighted by Gasteiger charge is -2.15. The summed E-state index contributed by atoms with van der Waals surface area (Å²) in [6.07, 6.45) is 0.822. The van der Waals surface area contributed by atoms with Crippen LogP contribution in [0.4, 0.5) is 0 Å². The topological polar surface area (TPSA) is 44.7 Å². The number of aliphatic hydroxyl groups excluding tert-OH is 1. The van der Waals surface area contributed by atoms with E-state index in [9.17, 15) is 5.11 Å². The molecule has 2 unspecified atom stereocenters. The van der Waals surface area contributed by atoms with E-state index in [-0.39, 0.29) is 0 Å². The molecule has 0 radical (unpaired) electrons. The summed E-state index contributed by atoms with van der Waals surface area (Å²) in [6.45, 7) is 4.88. The molecule has 0 bridgehead atoms. The smallest absolute Gasteiger partial charge is 0.0897 e. The van der Waals surface area contributed by atoms with Gasteiger partial charge in [0.1, 0.15) is 0 Å². The molecule has 0 aromatic heterocycles. The number of ether oxygens (including phenoxy) is 1. The largest absolute Gasteiger partial charge is 0.389 e. The predicted molar refractivity (Wildman–Crippen MR) is 80.6 cm³/mol. The highest BCUT2D eigenvalue weighted by molar-refractivity contribution is 5.13. The average Bonchev–Trinajstić information content (AvgIpc) is 2.86. The Morgan fingerprint density at radius 3 is 2.90 bits per heavy atom. The van der Waals surface area contributed by atoms with Gasteiger partial charge >= 0.3 is 0 Å². The van der Waals surface area contributed by atoms with Crippen molar-refractivity contribution < 1.29 is 9.84 Å². The van der Waals surface area contributed by atoms with E-state index >= 15 is 0 Å². The van der Waals surface area contributed by atoms with E-state index in [1.807, 2.05) is 30.3 Å². The second-order valence-electron chi connectivity index (χ2n) is 5.73. The summed E-state index contributed by atoms with van der Waals surface area (Å²) < 4.78 is 5.52. The van der Waals surface area contributed by atoms with Crippen molar-refractivity contribution in [2.75, 3.05) is 39.8 Å². The lowest BCUT2D eigenvalue weighted by molar-refractivity contribution is 0.0285. The van der Waals surface area contributed by atoms with Crippen molar-refractivity contribution in [3.8, 4) is 0 Å². The van der Waals surface area contributed by atoms with Crippen molar-refractivity contribution in [1.29, 1.82) is 0 Å². The normalized spacial score (nSPS) is 21.2. The van der Waals surface area contributed by atoms with Gasteiger partial charge in [-0.2, -0.15) is 0 Å². The molecule has 2 N–H and O–H groups in total. The van der Waals surface area contributed by atoms with Gasteiger partial charge in [0.25, 0.3) is 0 Å². The van der Waals surface area contributed by atoms with E-state index in [1.165, 1.54) is 13.0 Å². The first-order valence-corrected chi connectivity index (χ1v) is 7.43. The first-order chi connectivity index (χ1) is 9.74. The molecular formula is C16H26N2O2. The predicted octanol–water partition coefficient (Wildman–Crippen LogP) is 1.11. The van der Waals surface area contributed by atoms with Gasteiger partial charge in [0, 0.05) is 13.1 Å². The number of benzene rings is 1. The number of nitrogens with zero attached hydrogens (tertiary/aromatic N) is 1. The Kier molecular flexibility index (Phi) is 6.47. The fraction of sp³-hybridized carbons (Fsp3) is 0.625. The van der Waals surface area contributed by atoms with Crippen LogP contribution in [0.3, 0.4) is 0 Å². The van der Waals surface area contributed by atoms with Gasteiger partial charge in [0.05, 0.1) is 19.3 Å². The fourth-order valence-electron chi connectivity index (χ4n) is 2.59. The standard InChI is InChI=1S/C16H26N2O2/c1-18-8-7-15(11-18)9-17-10-16(19)13-20-12-14-5-3-2-4-6-14/h2-6,15-17,19H,7-13H2,1H3. The third-order valence-corrected chi connectivity index (χ3v) is 3.72. The number of nitrogens with one attached hydrogen (secondary N) is 1. The third kappa shape index (κ3) is 5.59. The Morgan fingerprint density at radius 1 is 1.40 bits per heavy atom. The van der Waals surface area contributed by atoms with Gasteiger partial charge in [0.2, 0.25) is 0 Å². The molecule has 0 saturated carbocycles. The summed E-state index contributed by atoms with van der Waals surface area (Å²) in [5.74, 6) is 0.720. The first kappa shape index (κ1) is 15.4. The third-order valence-electron chi connectivity index (χ3n) is 3.72. The van der Waals surface area contributed by atoms with Gasteiger partial charge in [-0.1, -0.05) is 30.3 Å². The van der Waals surface area contributed by atoms with Crippen LogP contribution in [0.5, 0.6) is 0 Å². The summed E-state index contributed by atoms with van der Waals surface area (Å²) in [6, 6.07) is 10.0. The Balaban J connectivity index is 1.51. The van der Waals surface area contributed by atoms with E-state index in [1.54, 1.807) is 0 Å². The molecule has 112 valence electrons. The van der Waals surface area contributed by atoms with Crippen molar-refractivity contribution in [2.24, 2.45) is 5.92 Å². The van der Waals surface area contributed by atoms with Crippen molar-refractivity contribution >= 4 is 0 Å². The van der Waals surface area contributed by atoms with Crippen molar-refractivity contribution in [3.63, 3.8) is 0 Å². The molecule has 1 aliphatic heterocycles. The number of likely N-dealkylation sites (tertiary alicyclic amines) is 1. The van der Waals surface area contributed by atoms with Gasteiger partial charge < -0.3 is 20.1 Å². The zero-order valence-corrected chi connectivity index (χ0v) is 12.3. The van der Waals surface area contributed by atoms with Crippen LogP contribution in [0, 0.1) is 5.92 Å². The minimum Gasteiger partial charge on any atom is -0.389 e. The van der Waals surface area contributed by atoms with Gasteiger partial charge in [-0.3, -0.25) is 0 Å². The fourth-order valence-corrected chi connectivity index (χ4v) is 2.59. The Bertz CT molecular complexity index is 372. The molecule has 4 nitrogen and oxygen atoms in total. The quantitative estimate of drug-likeness (QED) is 0.747. The monoisotopic (exact) mass is 278 g/mol. The Morgan fingerprint density at radius 2 is 2.20 bits per heavy atom. The van der Waals surface area contributed by atoms with E-state index < -0.39 is 6.10 Å². The van der Waals surface area contributed by atoms with Gasteiger partial charge in [-0.05, 0) is 38.0 Å². The summed E-state index contributed by atoms with van der Waals surface area (Å²) in [7, 11) is 2.16. The summed E-state index contributed by atoms with van der Waals surface area (Å²) in [5.41, 5.74) is 1.14. The molecule has 0 aliphatic carbocycles. The number of hydrogen-bond acceptors (Lipinski definition) is 4. The molecule has 20 heavy (non-hydrogen) atoms. The highest BCUT2D eigenvalue weighted by Gasteiger charge is 2.18. The van der Waals surface area contributed by atoms with Crippen molar-refractivity contribution in [3.05, 3.63) is 35.9 Å². The minimum atomic E-state index is -0.433. The van der Waals surface area contributed by atoms with Crippen molar-refractivity contribution in [2.45, 2.75) is 19.1 Å². The maximum absolute atomic E-state index is 9.86. The second-order valence-corrected chi connectivity index (χ2v) is 5.73. The van der Waals surface area contributed by atoms with Gasteiger partial charge in [0.15, 0.2) is 0 Å². The molecule has 1 fully saturated rings. The van der Waals surface area contributed by atoms with E-state index in [4.69, 9.17) is 4.74 Å². The maximum Gasteiger partial charge on any atom is 0.0897 e. The summed E-state index contributed by atoms with van der Waals surface area (Å²) in [4.78, 5) is 2.35. The van der Waals surface area contributed by atoms with Crippen LogP contribution in [-0.4, -0.2) is 55.9 Å². The summed E-state index contributed by atoms with van der Waals surface area (Å²) in [5, 5.41) is 13.2. The molecule has 4 heteroatoms. The number of hydrogen-bond donors (Lipinski definition) is 2. The van der Waals surface area contributed by atoms with Gasteiger partial charge in [-0.25, -0.2) is 0 Å². The molecule has 1 aliphatic rings. The van der Waals surface area contributed by atoms with E-state index in [0.29, 0.717) is 19.8 Å². The lowest BCUT2D eigenvalue weighted by Crippen LogP contribution is -2.34. The Labute approximate surface area is 121 Å². The molecule has 2 atom stereocenters. The maximum atomic E-state index is 9.86. The van der Waals surface area contributed by atoms with E-state index in [2.05, 4.69) is 17.3 Å². The molecule has 0 amide bonds. The number of aliphatic hydroxyl groups is 1. The van der Waals surface area contributed by atoms with Crippen LogP contribution in [0.15, 0.2) is 30.3 Å². The number of rotatable bonds is 8. The van der Waals surface area contributed by atoms with Gasteiger partial charge in [-0.15, -0.1) is 0 Å². The highest BCUT2D eigenvalue weighted by atomic mass is 16.5. The highest BCUT2D eigenvalue weighted by Crippen LogP contribution is 2.12. The molecule has 1 heterocycles. The van der Waals surface area contributed by atoms with Crippen LogP contribution >= 0.6 is 0 Å². The Hall–Kier alpha value is -0.940. The minimum absolute atomic E-state index is 0.381. The first-order valence-electron chi connectivity index (χ1n) is 7.43. The second kappa shape index (κ2) is 8.37.